The van der Waals surface area contributed by atoms with Crippen LogP contribution in [0, 0.1) is 0 Å². The molecule has 21 heavy (non-hydrogen) atoms. The molecule has 1 heterocycles. The molecule has 1 aromatic carbocycles. The number of carbonyl (C=O) groups is 1. The summed E-state index contributed by atoms with van der Waals surface area (Å²) in [5.74, 6) is 0. The Hall–Kier alpha value is -1.55. The highest BCUT2D eigenvalue weighted by molar-refractivity contribution is 5.69. The minimum absolute atomic E-state index is 0.153. The summed E-state index contributed by atoms with van der Waals surface area (Å²) in [5.41, 5.74) is 0.579. The van der Waals surface area contributed by atoms with Crippen molar-refractivity contribution in [3.63, 3.8) is 0 Å². The number of nitrogens with zero attached hydrogens (tertiary/aromatic N) is 1. The van der Waals surface area contributed by atoms with E-state index in [0.29, 0.717) is 13.0 Å². The molecule has 1 N–H and O–H groups in total. The minimum atomic E-state index is -0.553. The van der Waals surface area contributed by atoms with Crippen LogP contribution < -0.4 is 0 Å². The second-order valence-electron chi connectivity index (χ2n) is 6.64. The van der Waals surface area contributed by atoms with Gasteiger partial charge in [0.2, 0.25) is 0 Å². The van der Waals surface area contributed by atoms with Crippen LogP contribution in [-0.4, -0.2) is 40.4 Å². The first kappa shape index (κ1) is 15.8. The zero-order valence-corrected chi connectivity index (χ0v) is 13.1. The predicted molar refractivity (Wildman–Crippen MR) is 82.1 cm³/mol. The molecule has 0 saturated carbocycles. The molecule has 4 heteroatoms. The molecule has 116 valence electrons. The molecular formula is C17H25NO3. The molecule has 1 amide bonds. The largest absolute Gasteiger partial charge is 0.444 e. The average Bonchev–Trinajstić information content (AvgIpc) is 2.87. The fourth-order valence-electron chi connectivity index (χ4n) is 2.73. The van der Waals surface area contributed by atoms with Crippen molar-refractivity contribution in [2.45, 2.75) is 57.8 Å². The first-order valence-corrected chi connectivity index (χ1v) is 7.58. The van der Waals surface area contributed by atoms with Gasteiger partial charge in [0.05, 0.1) is 12.1 Å². The Balaban J connectivity index is 1.99. The summed E-state index contributed by atoms with van der Waals surface area (Å²) < 4.78 is 5.43. The van der Waals surface area contributed by atoms with Crippen LogP contribution in [0.2, 0.25) is 0 Å². The molecule has 1 aliphatic rings. The molecule has 1 saturated heterocycles. The van der Waals surface area contributed by atoms with Crippen molar-refractivity contribution < 1.29 is 14.6 Å². The van der Waals surface area contributed by atoms with Gasteiger partial charge in [-0.25, -0.2) is 4.79 Å². The Labute approximate surface area is 126 Å². The molecule has 0 bridgehead atoms. The normalized spacial score (nSPS) is 20.4. The van der Waals surface area contributed by atoms with Crippen molar-refractivity contribution in [3.05, 3.63) is 35.9 Å². The van der Waals surface area contributed by atoms with Crippen LogP contribution >= 0.6 is 0 Å². The highest BCUT2D eigenvalue weighted by atomic mass is 16.6. The lowest BCUT2D eigenvalue weighted by molar-refractivity contribution is 0.00536. The van der Waals surface area contributed by atoms with E-state index in [2.05, 4.69) is 0 Å². The van der Waals surface area contributed by atoms with E-state index in [9.17, 15) is 9.90 Å². The quantitative estimate of drug-likeness (QED) is 0.931. The molecule has 0 radical (unpaired) electrons. The summed E-state index contributed by atoms with van der Waals surface area (Å²) >= 11 is 0. The van der Waals surface area contributed by atoms with Crippen molar-refractivity contribution >= 4 is 6.09 Å². The molecule has 1 fully saturated rings. The van der Waals surface area contributed by atoms with E-state index in [4.69, 9.17) is 4.74 Å². The van der Waals surface area contributed by atoms with Crippen molar-refractivity contribution in [2.24, 2.45) is 0 Å². The van der Waals surface area contributed by atoms with Crippen LogP contribution in [0.3, 0.4) is 0 Å². The molecule has 1 aromatic rings. The Morgan fingerprint density at radius 1 is 1.38 bits per heavy atom. The third kappa shape index (κ3) is 4.46. The van der Waals surface area contributed by atoms with Crippen LogP contribution in [0.5, 0.6) is 0 Å². The van der Waals surface area contributed by atoms with Crippen LogP contribution in [0.1, 0.15) is 39.2 Å². The van der Waals surface area contributed by atoms with Gasteiger partial charge in [-0.15, -0.1) is 0 Å². The number of aliphatic hydroxyl groups is 1. The summed E-state index contributed by atoms with van der Waals surface area (Å²) in [4.78, 5) is 13.9. The van der Waals surface area contributed by atoms with Crippen molar-refractivity contribution in [1.29, 1.82) is 0 Å². The van der Waals surface area contributed by atoms with E-state index in [0.717, 1.165) is 18.4 Å². The second kappa shape index (κ2) is 6.48. The van der Waals surface area contributed by atoms with Gasteiger partial charge in [0, 0.05) is 13.0 Å². The average molecular weight is 291 g/mol. The summed E-state index contributed by atoms with van der Waals surface area (Å²) in [5, 5.41) is 10.5. The third-order valence-electron chi connectivity index (χ3n) is 3.66. The number of benzene rings is 1. The Bertz CT molecular complexity index is 467. The third-order valence-corrected chi connectivity index (χ3v) is 3.66. The maximum absolute atomic E-state index is 12.2. The highest BCUT2D eigenvalue weighted by Gasteiger charge is 2.36. The lowest BCUT2D eigenvalue weighted by atomic mass is 10.0. The topological polar surface area (TPSA) is 49.8 Å². The first-order chi connectivity index (χ1) is 9.87. The Morgan fingerprint density at radius 3 is 2.67 bits per heavy atom. The van der Waals surface area contributed by atoms with Gasteiger partial charge in [-0.3, -0.25) is 0 Å². The number of carbonyl (C=O) groups excluding carboxylic acids is 1. The molecule has 1 unspecified atom stereocenters. The van der Waals surface area contributed by atoms with Gasteiger partial charge in [0.1, 0.15) is 5.60 Å². The minimum Gasteiger partial charge on any atom is -0.444 e. The van der Waals surface area contributed by atoms with E-state index in [1.165, 1.54) is 0 Å². The molecule has 0 aliphatic carbocycles. The number of likely N-dealkylation sites (tertiary alicyclic amines) is 1. The molecular weight excluding hydrogens is 266 g/mol. The molecule has 0 spiro atoms. The van der Waals surface area contributed by atoms with E-state index < -0.39 is 11.7 Å². The van der Waals surface area contributed by atoms with Gasteiger partial charge in [0.25, 0.3) is 0 Å². The summed E-state index contributed by atoms with van der Waals surface area (Å²) in [6.07, 6.45) is 1.42. The summed E-state index contributed by atoms with van der Waals surface area (Å²) in [7, 11) is 0. The molecule has 1 aliphatic heterocycles. The number of ether oxygens (including phenoxy) is 1. The lowest BCUT2D eigenvalue weighted by Crippen LogP contribution is -2.45. The second-order valence-corrected chi connectivity index (χ2v) is 6.64. The predicted octanol–water partition coefficient (Wildman–Crippen LogP) is 2.99. The summed E-state index contributed by atoms with van der Waals surface area (Å²) in [6, 6.07) is 9.72. The maximum Gasteiger partial charge on any atom is 0.410 e. The SMILES string of the molecule is CC(C)(C)OC(=O)N1CCCC1[C@H](O)Cc1ccccc1. The van der Waals surface area contributed by atoms with Gasteiger partial charge in [-0.1, -0.05) is 30.3 Å². The van der Waals surface area contributed by atoms with Crippen molar-refractivity contribution in [1.82, 2.24) is 4.90 Å². The number of rotatable bonds is 3. The van der Waals surface area contributed by atoms with E-state index in [1.807, 2.05) is 51.1 Å². The molecule has 0 aromatic heterocycles. The molecule has 4 nitrogen and oxygen atoms in total. The maximum atomic E-state index is 12.2. The van der Waals surface area contributed by atoms with Gasteiger partial charge in [-0.2, -0.15) is 0 Å². The smallest absolute Gasteiger partial charge is 0.410 e. The monoisotopic (exact) mass is 291 g/mol. The zero-order chi connectivity index (χ0) is 15.5. The highest BCUT2D eigenvalue weighted by Crippen LogP contribution is 2.24. The fraction of sp³-hybridized carbons (Fsp3) is 0.588. The number of aliphatic hydroxyl groups excluding tert-OH is 1. The number of hydrogen-bond acceptors (Lipinski definition) is 3. The zero-order valence-electron chi connectivity index (χ0n) is 13.1. The molecule has 2 rings (SSSR count). The van der Waals surface area contributed by atoms with Gasteiger partial charge in [0.15, 0.2) is 0 Å². The van der Waals surface area contributed by atoms with Crippen LogP contribution in [-0.2, 0) is 11.2 Å². The Kier molecular flexibility index (Phi) is 4.88. The standard InChI is InChI=1S/C17H25NO3/c1-17(2,3)21-16(20)18-11-7-10-14(18)15(19)12-13-8-5-4-6-9-13/h4-6,8-9,14-15,19H,7,10-12H2,1-3H3/t14?,15-/m1/s1. The van der Waals surface area contributed by atoms with E-state index in [1.54, 1.807) is 4.90 Å². The van der Waals surface area contributed by atoms with Crippen molar-refractivity contribution in [2.75, 3.05) is 6.54 Å². The van der Waals surface area contributed by atoms with Gasteiger partial charge < -0.3 is 14.7 Å². The van der Waals surface area contributed by atoms with Gasteiger partial charge in [-0.05, 0) is 39.2 Å². The Morgan fingerprint density at radius 2 is 2.05 bits per heavy atom. The van der Waals surface area contributed by atoms with Crippen molar-refractivity contribution in [3.8, 4) is 0 Å². The lowest BCUT2D eigenvalue weighted by Gasteiger charge is -2.31. The van der Waals surface area contributed by atoms with Crippen LogP contribution in [0.4, 0.5) is 4.79 Å². The number of amides is 1. The van der Waals surface area contributed by atoms with Crippen LogP contribution in [0.25, 0.3) is 0 Å². The fourth-order valence-corrected chi connectivity index (χ4v) is 2.73. The van der Waals surface area contributed by atoms with E-state index >= 15 is 0 Å². The molecule has 2 atom stereocenters. The summed E-state index contributed by atoms with van der Waals surface area (Å²) in [6.45, 7) is 6.23. The first-order valence-electron chi connectivity index (χ1n) is 7.58. The van der Waals surface area contributed by atoms with Gasteiger partial charge >= 0.3 is 6.09 Å². The van der Waals surface area contributed by atoms with Crippen LogP contribution in [0.15, 0.2) is 30.3 Å². The number of hydrogen-bond donors (Lipinski definition) is 1. The van der Waals surface area contributed by atoms with E-state index in [-0.39, 0.29) is 12.1 Å².